The summed E-state index contributed by atoms with van der Waals surface area (Å²) in [6, 6.07) is 8.04. The maximum Gasteiger partial charge on any atom is 0.163 e. The van der Waals surface area contributed by atoms with E-state index >= 15 is 0 Å². The van der Waals surface area contributed by atoms with Crippen LogP contribution in [0.4, 0.5) is 0 Å². The van der Waals surface area contributed by atoms with Crippen LogP contribution >= 0.6 is 0 Å². The minimum Gasteiger partial charge on any atom is -0.294 e. The van der Waals surface area contributed by atoms with E-state index in [1.54, 1.807) is 0 Å². The monoisotopic (exact) mass is 246 g/mol. The maximum absolute atomic E-state index is 12.4. The standard InChI is InChI=1S/C17H26O/c1-4-7-10-14(5-2)13-17(18)16-12-9-8-11-15(16)6-3/h8-9,11-12,14H,4-7,10,13H2,1-3H3. The number of unbranched alkanes of at least 4 members (excludes halogenated alkanes) is 1. The number of rotatable bonds is 8. The molecule has 0 fully saturated rings. The molecule has 0 radical (unpaired) electrons. The zero-order valence-corrected chi connectivity index (χ0v) is 12.0. The second kappa shape index (κ2) is 8.07. The first kappa shape index (κ1) is 14.9. The summed E-state index contributed by atoms with van der Waals surface area (Å²) in [5.41, 5.74) is 2.13. The summed E-state index contributed by atoms with van der Waals surface area (Å²) in [5, 5.41) is 0. The average molecular weight is 246 g/mol. The van der Waals surface area contributed by atoms with Crippen molar-refractivity contribution < 1.29 is 4.79 Å². The third kappa shape index (κ3) is 4.29. The summed E-state index contributed by atoms with van der Waals surface area (Å²) in [4.78, 5) is 12.4. The molecule has 1 heteroatoms. The summed E-state index contributed by atoms with van der Waals surface area (Å²) >= 11 is 0. The van der Waals surface area contributed by atoms with E-state index in [0.29, 0.717) is 18.1 Å². The highest BCUT2D eigenvalue weighted by atomic mass is 16.1. The van der Waals surface area contributed by atoms with E-state index < -0.39 is 0 Å². The lowest BCUT2D eigenvalue weighted by molar-refractivity contribution is 0.0956. The quantitative estimate of drug-likeness (QED) is 0.587. The highest BCUT2D eigenvalue weighted by Gasteiger charge is 2.15. The molecule has 1 aromatic rings. The molecule has 1 unspecified atom stereocenters. The second-order valence-corrected chi connectivity index (χ2v) is 5.05. The molecule has 0 saturated carbocycles. The summed E-state index contributed by atoms with van der Waals surface area (Å²) in [5.74, 6) is 0.887. The van der Waals surface area contributed by atoms with Gasteiger partial charge in [-0.1, -0.05) is 70.7 Å². The summed E-state index contributed by atoms with van der Waals surface area (Å²) in [6.07, 6.45) is 6.41. The van der Waals surface area contributed by atoms with Crippen molar-refractivity contribution in [3.05, 3.63) is 35.4 Å². The van der Waals surface area contributed by atoms with Crippen LogP contribution in [0, 0.1) is 5.92 Å². The van der Waals surface area contributed by atoms with Gasteiger partial charge in [0.05, 0.1) is 0 Å². The van der Waals surface area contributed by atoms with E-state index in [1.807, 2.05) is 18.2 Å². The molecular formula is C17H26O. The third-order valence-corrected chi connectivity index (χ3v) is 3.72. The Bertz CT molecular complexity index is 368. The van der Waals surface area contributed by atoms with Gasteiger partial charge in [0.2, 0.25) is 0 Å². The van der Waals surface area contributed by atoms with Gasteiger partial charge in [0.1, 0.15) is 0 Å². The van der Waals surface area contributed by atoms with E-state index in [0.717, 1.165) is 18.4 Å². The number of Topliss-reactive ketones (excluding diaryl/α,β-unsaturated/α-hetero) is 1. The van der Waals surface area contributed by atoms with Crippen molar-refractivity contribution in [3.8, 4) is 0 Å². The van der Waals surface area contributed by atoms with E-state index in [-0.39, 0.29) is 0 Å². The predicted molar refractivity (Wildman–Crippen MR) is 78.1 cm³/mol. The Balaban J connectivity index is 2.68. The van der Waals surface area contributed by atoms with Gasteiger partial charge in [0.25, 0.3) is 0 Å². The normalized spacial score (nSPS) is 12.4. The molecule has 0 aromatic heterocycles. The van der Waals surface area contributed by atoms with Gasteiger partial charge in [-0.3, -0.25) is 4.79 Å². The van der Waals surface area contributed by atoms with Crippen LogP contribution in [-0.2, 0) is 6.42 Å². The summed E-state index contributed by atoms with van der Waals surface area (Å²) < 4.78 is 0. The van der Waals surface area contributed by atoms with Gasteiger partial charge in [-0.25, -0.2) is 0 Å². The molecule has 0 N–H and O–H groups in total. The molecule has 1 aromatic carbocycles. The molecule has 1 nitrogen and oxygen atoms in total. The highest BCUT2D eigenvalue weighted by Crippen LogP contribution is 2.21. The molecule has 0 spiro atoms. The van der Waals surface area contributed by atoms with Crippen LogP contribution in [-0.4, -0.2) is 5.78 Å². The first-order chi connectivity index (χ1) is 8.72. The molecule has 0 aliphatic rings. The summed E-state index contributed by atoms with van der Waals surface area (Å²) in [6.45, 7) is 6.51. The third-order valence-electron chi connectivity index (χ3n) is 3.72. The Morgan fingerprint density at radius 1 is 1.17 bits per heavy atom. The molecule has 0 amide bonds. The fourth-order valence-electron chi connectivity index (χ4n) is 2.42. The lowest BCUT2D eigenvalue weighted by atomic mass is 9.90. The topological polar surface area (TPSA) is 17.1 Å². The first-order valence-corrected chi connectivity index (χ1v) is 7.33. The van der Waals surface area contributed by atoms with Crippen molar-refractivity contribution in [1.29, 1.82) is 0 Å². The molecule has 0 bridgehead atoms. The van der Waals surface area contributed by atoms with Crippen LogP contribution in [0.5, 0.6) is 0 Å². The first-order valence-electron chi connectivity index (χ1n) is 7.33. The number of carbonyl (C=O) groups is 1. The van der Waals surface area contributed by atoms with Crippen LogP contribution in [0.25, 0.3) is 0 Å². The summed E-state index contributed by atoms with van der Waals surface area (Å²) in [7, 11) is 0. The van der Waals surface area contributed by atoms with Crippen molar-refractivity contribution in [2.24, 2.45) is 5.92 Å². The fraction of sp³-hybridized carbons (Fsp3) is 0.588. The average Bonchev–Trinajstić information content (AvgIpc) is 2.43. The van der Waals surface area contributed by atoms with Gasteiger partial charge in [-0.2, -0.15) is 0 Å². The Labute approximate surface area is 112 Å². The predicted octanol–water partition coefficient (Wildman–Crippen LogP) is 5.04. The molecule has 1 rings (SSSR count). The van der Waals surface area contributed by atoms with E-state index in [4.69, 9.17) is 0 Å². The van der Waals surface area contributed by atoms with Crippen molar-refractivity contribution in [3.63, 3.8) is 0 Å². The van der Waals surface area contributed by atoms with Crippen LogP contribution < -0.4 is 0 Å². The van der Waals surface area contributed by atoms with Gasteiger partial charge >= 0.3 is 0 Å². The van der Waals surface area contributed by atoms with Crippen LogP contribution in [0.2, 0.25) is 0 Å². The van der Waals surface area contributed by atoms with Crippen LogP contribution in [0.1, 0.15) is 68.8 Å². The zero-order chi connectivity index (χ0) is 13.4. The Kier molecular flexibility index (Phi) is 6.70. The Morgan fingerprint density at radius 2 is 1.89 bits per heavy atom. The minimum atomic E-state index is 0.329. The second-order valence-electron chi connectivity index (χ2n) is 5.05. The zero-order valence-electron chi connectivity index (χ0n) is 12.0. The molecule has 1 atom stereocenters. The molecule has 0 aliphatic carbocycles. The largest absolute Gasteiger partial charge is 0.294 e. The molecule has 18 heavy (non-hydrogen) atoms. The van der Waals surface area contributed by atoms with E-state index in [9.17, 15) is 4.79 Å². The van der Waals surface area contributed by atoms with Gasteiger partial charge in [-0.15, -0.1) is 0 Å². The Morgan fingerprint density at radius 3 is 2.50 bits per heavy atom. The molecule has 0 heterocycles. The number of aryl methyl sites for hydroxylation is 1. The van der Waals surface area contributed by atoms with Crippen LogP contribution in [0.3, 0.4) is 0 Å². The highest BCUT2D eigenvalue weighted by molar-refractivity contribution is 5.97. The van der Waals surface area contributed by atoms with E-state index in [1.165, 1.54) is 24.8 Å². The number of hydrogen-bond donors (Lipinski definition) is 0. The van der Waals surface area contributed by atoms with Gasteiger partial charge in [-0.05, 0) is 17.9 Å². The number of carbonyl (C=O) groups excluding carboxylic acids is 1. The molecular weight excluding hydrogens is 220 g/mol. The van der Waals surface area contributed by atoms with Crippen LogP contribution in [0.15, 0.2) is 24.3 Å². The van der Waals surface area contributed by atoms with Crippen molar-refractivity contribution >= 4 is 5.78 Å². The SMILES string of the molecule is CCCCC(CC)CC(=O)c1ccccc1CC. The fourth-order valence-corrected chi connectivity index (χ4v) is 2.42. The van der Waals surface area contributed by atoms with Crippen molar-refractivity contribution in [1.82, 2.24) is 0 Å². The Hall–Kier alpha value is -1.11. The van der Waals surface area contributed by atoms with Gasteiger partial charge < -0.3 is 0 Å². The molecule has 100 valence electrons. The minimum absolute atomic E-state index is 0.329. The molecule has 0 aliphatic heterocycles. The number of hydrogen-bond acceptors (Lipinski definition) is 1. The van der Waals surface area contributed by atoms with Crippen molar-refractivity contribution in [2.45, 2.75) is 59.3 Å². The van der Waals surface area contributed by atoms with E-state index in [2.05, 4.69) is 26.8 Å². The van der Waals surface area contributed by atoms with Crippen molar-refractivity contribution in [2.75, 3.05) is 0 Å². The smallest absolute Gasteiger partial charge is 0.163 e. The van der Waals surface area contributed by atoms with Gasteiger partial charge in [0.15, 0.2) is 5.78 Å². The maximum atomic E-state index is 12.4. The lowest BCUT2D eigenvalue weighted by Gasteiger charge is -2.14. The number of ketones is 1. The lowest BCUT2D eigenvalue weighted by Crippen LogP contribution is -2.10. The molecule has 0 saturated heterocycles. The van der Waals surface area contributed by atoms with Gasteiger partial charge in [0, 0.05) is 12.0 Å². The number of benzene rings is 1.